The number of nitrogens with two attached hydrogens (primary N) is 1. The van der Waals surface area contributed by atoms with Crippen LogP contribution in [0.25, 0.3) is 0 Å². The molecule has 1 amide bonds. The van der Waals surface area contributed by atoms with E-state index in [1.807, 2.05) is 0 Å². The van der Waals surface area contributed by atoms with E-state index in [1.54, 1.807) is 6.08 Å². The highest BCUT2D eigenvalue weighted by atomic mass is 16.6. The van der Waals surface area contributed by atoms with E-state index in [-0.39, 0.29) is 5.69 Å². The van der Waals surface area contributed by atoms with Gasteiger partial charge in [-0.05, 0) is 18.1 Å². The van der Waals surface area contributed by atoms with Gasteiger partial charge >= 0.3 is 0 Å². The molecule has 0 bridgehead atoms. The van der Waals surface area contributed by atoms with Crippen LogP contribution in [0.2, 0.25) is 0 Å². The first-order chi connectivity index (χ1) is 7.06. The fraction of sp³-hybridized carbons (Fsp3) is 0.100. The second-order valence-corrected chi connectivity index (χ2v) is 2.96. The first-order valence-corrected chi connectivity index (χ1v) is 4.24. The fourth-order valence-electron chi connectivity index (χ4n) is 1.26. The van der Waals surface area contributed by atoms with Gasteiger partial charge in [0.15, 0.2) is 0 Å². The number of non-ortho nitro benzene ring substituents is 1. The molecule has 0 aromatic heterocycles. The van der Waals surface area contributed by atoms with Crippen LogP contribution in [0.15, 0.2) is 30.9 Å². The summed E-state index contributed by atoms with van der Waals surface area (Å²) in [5, 5.41) is 10.5. The molecule has 0 aliphatic rings. The lowest BCUT2D eigenvalue weighted by molar-refractivity contribution is -0.384. The third kappa shape index (κ3) is 2.40. The highest BCUT2D eigenvalue weighted by Gasteiger charge is 2.12. The minimum atomic E-state index is -0.596. The lowest BCUT2D eigenvalue weighted by Gasteiger charge is -2.03. The van der Waals surface area contributed by atoms with Gasteiger partial charge < -0.3 is 5.73 Å². The monoisotopic (exact) mass is 206 g/mol. The van der Waals surface area contributed by atoms with Crippen LogP contribution in [0.5, 0.6) is 0 Å². The van der Waals surface area contributed by atoms with Gasteiger partial charge in [0.05, 0.1) is 4.92 Å². The Morgan fingerprint density at radius 1 is 1.60 bits per heavy atom. The van der Waals surface area contributed by atoms with E-state index >= 15 is 0 Å². The number of hydrogen-bond donors (Lipinski definition) is 1. The van der Waals surface area contributed by atoms with Crippen LogP contribution in [0.4, 0.5) is 5.69 Å². The third-order valence-electron chi connectivity index (χ3n) is 1.93. The van der Waals surface area contributed by atoms with Crippen LogP contribution in [0, 0.1) is 10.1 Å². The number of nitro groups is 1. The fourth-order valence-corrected chi connectivity index (χ4v) is 1.26. The number of amides is 1. The van der Waals surface area contributed by atoms with Gasteiger partial charge in [-0.1, -0.05) is 6.08 Å². The molecule has 0 radical (unpaired) electrons. The number of carbonyl (C=O) groups is 1. The molecule has 0 aliphatic carbocycles. The average molecular weight is 206 g/mol. The van der Waals surface area contributed by atoms with Crippen molar-refractivity contribution in [3.63, 3.8) is 0 Å². The predicted molar refractivity (Wildman–Crippen MR) is 55.5 cm³/mol. The smallest absolute Gasteiger partial charge is 0.269 e. The van der Waals surface area contributed by atoms with Crippen molar-refractivity contribution >= 4 is 11.6 Å². The number of nitro benzene ring substituents is 1. The van der Waals surface area contributed by atoms with Gasteiger partial charge in [-0.2, -0.15) is 0 Å². The predicted octanol–water partition coefficient (Wildman–Crippen LogP) is 1.42. The molecule has 0 heterocycles. The van der Waals surface area contributed by atoms with Gasteiger partial charge in [-0.25, -0.2) is 0 Å². The molecule has 1 rings (SSSR count). The van der Waals surface area contributed by atoms with Gasteiger partial charge in [0, 0.05) is 17.7 Å². The van der Waals surface area contributed by atoms with Crippen LogP contribution in [-0.2, 0) is 6.42 Å². The Kier molecular flexibility index (Phi) is 3.17. The van der Waals surface area contributed by atoms with Crippen LogP contribution in [0.3, 0.4) is 0 Å². The highest BCUT2D eigenvalue weighted by molar-refractivity contribution is 5.94. The number of benzene rings is 1. The molecule has 0 aliphatic heterocycles. The van der Waals surface area contributed by atoms with Crippen LogP contribution in [0.1, 0.15) is 15.9 Å². The number of allylic oxidation sites excluding steroid dienone is 1. The minimum Gasteiger partial charge on any atom is -0.366 e. The standard InChI is InChI=1S/C10H10N2O3/c1-2-3-7-6-8(12(14)15)4-5-9(7)10(11)13/h2,4-6H,1,3H2,(H2,11,13). The summed E-state index contributed by atoms with van der Waals surface area (Å²) >= 11 is 0. The van der Waals surface area contributed by atoms with Crippen molar-refractivity contribution in [3.05, 3.63) is 52.1 Å². The van der Waals surface area contributed by atoms with Gasteiger partial charge in [0.1, 0.15) is 0 Å². The van der Waals surface area contributed by atoms with Crippen molar-refractivity contribution < 1.29 is 9.72 Å². The normalized spacial score (nSPS) is 9.60. The number of carbonyl (C=O) groups excluding carboxylic acids is 1. The molecule has 1 aromatic carbocycles. The lowest BCUT2D eigenvalue weighted by atomic mass is 10.0. The quantitative estimate of drug-likeness (QED) is 0.459. The summed E-state index contributed by atoms with van der Waals surface area (Å²) in [7, 11) is 0. The summed E-state index contributed by atoms with van der Waals surface area (Å²) in [6.45, 7) is 3.51. The second-order valence-electron chi connectivity index (χ2n) is 2.96. The number of nitrogens with zero attached hydrogens (tertiary/aromatic N) is 1. The summed E-state index contributed by atoms with van der Waals surface area (Å²) in [6.07, 6.45) is 1.94. The molecule has 0 fully saturated rings. The Bertz CT molecular complexity index is 427. The van der Waals surface area contributed by atoms with Gasteiger partial charge in [-0.15, -0.1) is 6.58 Å². The maximum Gasteiger partial charge on any atom is 0.269 e. The van der Waals surface area contributed by atoms with Crippen molar-refractivity contribution in [1.29, 1.82) is 0 Å². The molecule has 0 saturated carbocycles. The van der Waals surface area contributed by atoms with E-state index in [9.17, 15) is 14.9 Å². The van der Waals surface area contributed by atoms with Crippen molar-refractivity contribution in [3.8, 4) is 0 Å². The summed E-state index contributed by atoms with van der Waals surface area (Å²) in [5.41, 5.74) is 5.88. The molecule has 78 valence electrons. The molecule has 5 heteroatoms. The highest BCUT2D eigenvalue weighted by Crippen LogP contribution is 2.18. The van der Waals surface area contributed by atoms with Crippen molar-refractivity contribution in [2.45, 2.75) is 6.42 Å². The van der Waals surface area contributed by atoms with Gasteiger partial charge in [0.2, 0.25) is 5.91 Å². The summed E-state index contributed by atoms with van der Waals surface area (Å²) < 4.78 is 0. The Balaban J connectivity index is 3.25. The molecule has 2 N–H and O–H groups in total. The van der Waals surface area contributed by atoms with Crippen LogP contribution in [-0.4, -0.2) is 10.8 Å². The molecule has 0 atom stereocenters. The van der Waals surface area contributed by atoms with Gasteiger partial charge in [0.25, 0.3) is 5.69 Å². The maximum absolute atomic E-state index is 11.0. The van der Waals surface area contributed by atoms with E-state index in [2.05, 4.69) is 6.58 Å². The molecule has 0 saturated heterocycles. The molecular weight excluding hydrogens is 196 g/mol. The second kappa shape index (κ2) is 4.36. The van der Waals surface area contributed by atoms with E-state index in [4.69, 9.17) is 5.73 Å². The Morgan fingerprint density at radius 2 is 2.27 bits per heavy atom. The topological polar surface area (TPSA) is 86.2 Å². The lowest BCUT2D eigenvalue weighted by Crippen LogP contribution is -2.13. The first-order valence-electron chi connectivity index (χ1n) is 4.24. The van der Waals surface area contributed by atoms with E-state index < -0.39 is 10.8 Å². The van der Waals surface area contributed by atoms with Crippen molar-refractivity contribution in [2.75, 3.05) is 0 Å². The first kappa shape index (κ1) is 10.9. The van der Waals surface area contributed by atoms with E-state index in [1.165, 1.54) is 18.2 Å². The van der Waals surface area contributed by atoms with Crippen molar-refractivity contribution in [1.82, 2.24) is 0 Å². The molecule has 5 nitrogen and oxygen atoms in total. The number of rotatable bonds is 4. The maximum atomic E-state index is 11.0. The van der Waals surface area contributed by atoms with Gasteiger partial charge in [-0.3, -0.25) is 14.9 Å². The molecule has 0 spiro atoms. The molecule has 1 aromatic rings. The Labute approximate surface area is 86.4 Å². The number of hydrogen-bond acceptors (Lipinski definition) is 3. The minimum absolute atomic E-state index is 0.0585. The average Bonchev–Trinajstić information content (AvgIpc) is 2.17. The SMILES string of the molecule is C=CCc1cc([N+](=O)[O-])ccc1C(N)=O. The Morgan fingerprint density at radius 3 is 2.73 bits per heavy atom. The largest absolute Gasteiger partial charge is 0.366 e. The number of primary amides is 1. The summed E-state index contributed by atoms with van der Waals surface area (Å²) in [6, 6.07) is 3.95. The van der Waals surface area contributed by atoms with Crippen LogP contribution < -0.4 is 5.73 Å². The molecule has 15 heavy (non-hydrogen) atoms. The summed E-state index contributed by atoms with van der Waals surface area (Å²) in [4.78, 5) is 21.0. The zero-order valence-corrected chi connectivity index (χ0v) is 7.97. The van der Waals surface area contributed by atoms with Crippen LogP contribution >= 0.6 is 0 Å². The zero-order valence-electron chi connectivity index (χ0n) is 7.97. The third-order valence-corrected chi connectivity index (χ3v) is 1.93. The summed E-state index contributed by atoms with van der Waals surface area (Å²) in [5.74, 6) is -0.596. The van der Waals surface area contributed by atoms with E-state index in [0.717, 1.165) is 0 Å². The molecular formula is C10H10N2O3. The Hall–Kier alpha value is -2.17. The molecule has 0 unspecified atom stereocenters. The zero-order chi connectivity index (χ0) is 11.4. The van der Waals surface area contributed by atoms with Crippen molar-refractivity contribution in [2.24, 2.45) is 5.73 Å². The van der Waals surface area contributed by atoms with E-state index in [0.29, 0.717) is 17.5 Å².